The van der Waals surface area contributed by atoms with Gasteiger partial charge in [0.2, 0.25) is 12.3 Å². The Labute approximate surface area is 128 Å². The number of hydrogen-bond acceptors (Lipinski definition) is 5. The second-order valence-electron chi connectivity index (χ2n) is 4.12. The molecule has 2 heterocycles. The molecule has 3 aromatic rings. The van der Waals surface area contributed by atoms with E-state index >= 15 is 0 Å². The Morgan fingerprint density at radius 1 is 1.14 bits per heavy atom. The Morgan fingerprint density at radius 2 is 1.95 bits per heavy atom. The van der Waals surface area contributed by atoms with Crippen molar-refractivity contribution in [3.05, 3.63) is 59.2 Å². The van der Waals surface area contributed by atoms with E-state index in [1.54, 1.807) is 42.5 Å². The molecule has 21 heavy (non-hydrogen) atoms. The van der Waals surface area contributed by atoms with Gasteiger partial charge in [0.15, 0.2) is 0 Å². The van der Waals surface area contributed by atoms with Gasteiger partial charge in [0.1, 0.15) is 10.3 Å². The summed E-state index contributed by atoms with van der Waals surface area (Å²) in [7, 11) is 0. The maximum Gasteiger partial charge on any atom is 0.274 e. The number of carbonyl (C=O) groups excluding carboxylic acids is 1. The fourth-order valence-electron chi connectivity index (χ4n) is 1.72. The Hall–Kier alpha value is -2.54. The first-order valence-corrected chi connectivity index (χ1v) is 6.82. The van der Waals surface area contributed by atoms with E-state index in [9.17, 15) is 4.79 Å². The molecule has 0 saturated heterocycles. The number of hydrogen-bond donors (Lipinski definition) is 1. The highest BCUT2D eigenvalue weighted by Crippen LogP contribution is 2.19. The van der Waals surface area contributed by atoms with Gasteiger partial charge in [-0.15, -0.1) is 10.2 Å². The predicted octanol–water partition coefficient (Wildman–Crippen LogP) is 3.15. The summed E-state index contributed by atoms with van der Waals surface area (Å²) in [5.41, 5.74) is 1.78. The van der Waals surface area contributed by atoms with E-state index in [1.807, 2.05) is 0 Å². The number of rotatable bonds is 3. The van der Waals surface area contributed by atoms with Crippen LogP contribution >= 0.6 is 15.9 Å². The molecule has 0 aliphatic carbocycles. The molecule has 0 atom stereocenters. The van der Waals surface area contributed by atoms with Gasteiger partial charge in [-0.1, -0.05) is 6.07 Å². The van der Waals surface area contributed by atoms with Gasteiger partial charge in [0.05, 0.1) is 0 Å². The molecule has 0 bridgehead atoms. The smallest absolute Gasteiger partial charge is 0.274 e. The highest BCUT2D eigenvalue weighted by atomic mass is 79.9. The van der Waals surface area contributed by atoms with Crippen LogP contribution in [0.25, 0.3) is 11.5 Å². The molecule has 0 fully saturated rings. The summed E-state index contributed by atoms with van der Waals surface area (Å²) in [5.74, 6) is 0.156. The van der Waals surface area contributed by atoms with Crippen LogP contribution in [-0.2, 0) is 0 Å². The molecule has 1 N–H and O–H groups in total. The minimum Gasteiger partial charge on any atom is -0.423 e. The summed E-state index contributed by atoms with van der Waals surface area (Å²) >= 11 is 3.23. The van der Waals surface area contributed by atoms with Crippen LogP contribution in [0.15, 0.2) is 57.9 Å². The lowest BCUT2D eigenvalue weighted by Crippen LogP contribution is -2.13. The molecule has 3 rings (SSSR count). The zero-order valence-corrected chi connectivity index (χ0v) is 12.2. The third-order valence-electron chi connectivity index (χ3n) is 2.70. The number of carbonyl (C=O) groups is 1. The van der Waals surface area contributed by atoms with E-state index in [-0.39, 0.29) is 5.91 Å². The summed E-state index contributed by atoms with van der Waals surface area (Å²) in [6, 6.07) is 12.3. The minimum atomic E-state index is -0.276. The lowest BCUT2D eigenvalue weighted by Gasteiger charge is -2.05. The number of nitrogens with one attached hydrogen (secondary N) is 1. The summed E-state index contributed by atoms with van der Waals surface area (Å²) in [6.45, 7) is 0. The Kier molecular flexibility index (Phi) is 3.74. The molecule has 1 amide bonds. The molecule has 0 radical (unpaired) electrons. The molecule has 7 heteroatoms. The first-order chi connectivity index (χ1) is 10.2. The second-order valence-corrected chi connectivity index (χ2v) is 4.93. The van der Waals surface area contributed by atoms with Crippen molar-refractivity contribution in [1.29, 1.82) is 0 Å². The number of nitrogens with zero attached hydrogens (tertiary/aromatic N) is 3. The van der Waals surface area contributed by atoms with Gasteiger partial charge >= 0.3 is 0 Å². The molecular formula is C14H9BrN4O2. The van der Waals surface area contributed by atoms with Crippen molar-refractivity contribution in [2.45, 2.75) is 0 Å². The summed E-state index contributed by atoms with van der Waals surface area (Å²) < 4.78 is 5.71. The van der Waals surface area contributed by atoms with Crippen molar-refractivity contribution in [1.82, 2.24) is 15.2 Å². The van der Waals surface area contributed by atoms with E-state index < -0.39 is 0 Å². The first kappa shape index (κ1) is 13.4. The second kappa shape index (κ2) is 5.84. The summed E-state index contributed by atoms with van der Waals surface area (Å²) in [4.78, 5) is 16.1. The number of anilines is 1. The molecular weight excluding hydrogens is 336 g/mol. The predicted molar refractivity (Wildman–Crippen MR) is 79.6 cm³/mol. The van der Waals surface area contributed by atoms with Gasteiger partial charge in [-0.05, 0) is 52.3 Å². The number of pyridine rings is 1. The largest absolute Gasteiger partial charge is 0.423 e. The third-order valence-corrected chi connectivity index (χ3v) is 3.14. The molecule has 6 nitrogen and oxygen atoms in total. The van der Waals surface area contributed by atoms with Crippen molar-refractivity contribution < 1.29 is 9.21 Å². The van der Waals surface area contributed by atoms with Crippen molar-refractivity contribution >= 4 is 27.5 Å². The van der Waals surface area contributed by atoms with Crippen LogP contribution in [0.4, 0.5) is 5.69 Å². The van der Waals surface area contributed by atoms with Gasteiger partial charge in [-0.2, -0.15) is 0 Å². The fourth-order valence-corrected chi connectivity index (χ4v) is 2.07. The first-order valence-electron chi connectivity index (χ1n) is 6.03. The highest BCUT2D eigenvalue weighted by molar-refractivity contribution is 9.10. The van der Waals surface area contributed by atoms with E-state index in [0.29, 0.717) is 21.9 Å². The van der Waals surface area contributed by atoms with Crippen molar-refractivity contribution in [3.63, 3.8) is 0 Å². The fraction of sp³-hybridized carbons (Fsp3) is 0. The Morgan fingerprint density at radius 3 is 2.62 bits per heavy atom. The number of amides is 1. The molecule has 0 aliphatic heterocycles. The summed E-state index contributed by atoms with van der Waals surface area (Å²) in [5, 5.41) is 10.2. The normalized spacial score (nSPS) is 10.3. The monoisotopic (exact) mass is 344 g/mol. The molecule has 0 aliphatic rings. The van der Waals surface area contributed by atoms with Gasteiger partial charge in [-0.25, -0.2) is 4.98 Å². The van der Waals surface area contributed by atoms with Gasteiger partial charge in [0.25, 0.3) is 5.91 Å². The van der Waals surface area contributed by atoms with Crippen LogP contribution in [0.3, 0.4) is 0 Å². The third kappa shape index (κ3) is 3.14. The van der Waals surface area contributed by atoms with Crippen LogP contribution in [0.1, 0.15) is 10.5 Å². The number of aromatic nitrogens is 3. The van der Waals surface area contributed by atoms with Gasteiger partial charge in [-0.3, -0.25) is 4.79 Å². The molecule has 104 valence electrons. The minimum absolute atomic E-state index is 0.276. The van der Waals surface area contributed by atoms with Crippen LogP contribution in [-0.4, -0.2) is 21.1 Å². The molecule has 1 aromatic carbocycles. The molecule has 0 spiro atoms. The number of halogens is 1. The van der Waals surface area contributed by atoms with E-state index in [4.69, 9.17) is 4.42 Å². The van der Waals surface area contributed by atoms with E-state index in [2.05, 4.69) is 36.4 Å². The maximum absolute atomic E-state index is 12.0. The van der Waals surface area contributed by atoms with Gasteiger partial charge < -0.3 is 9.73 Å². The van der Waals surface area contributed by atoms with Crippen molar-refractivity contribution in [2.24, 2.45) is 0 Å². The SMILES string of the molecule is O=C(Nc1ccc(-c2nnco2)cc1)c1cccc(Br)n1. The standard InChI is InChI=1S/C14H9BrN4O2/c15-12-3-1-2-11(18-12)13(20)17-10-6-4-9(5-7-10)14-19-16-8-21-14/h1-8H,(H,17,20). The molecule has 0 unspecified atom stereocenters. The molecule has 0 saturated carbocycles. The van der Waals surface area contributed by atoms with Crippen molar-refractivity contribution in [3.8, 4) is 11.5 Å². The quantitative estimate of drug-likeness (QED) is 0.738. The van der Waals surface area contributed by atoms with Crippen LogP contribution in [0.2, 0.25) is 0 Å². The maximum atomic E-state index is 12.0. The average Bonchev–Trinajstić information content (AvgIpc) is 3.02. The highest BCUT2D eigenvalue weighted by Gasteiger charge is 2.09. The van der Waals surface area contributed by atoms with E-state index in [0.717, 1.165) is 5.56 Å². The average molecular weight is 345 g/mol. The van der Waals surface area contributed by atoms with Crippen LogP contribution < -0.4 is 5.32 Å². The summed E-state index contributed by atoms with van der Waals surface area (Å²) in [6.07, 6.45) is 1.27. The Bertz CT molecular complexity index is 757. The van der Waals surface area contributed by atoms with Crippen LogP contribution in [0.5, 0.6) is 0 Å². The zero-order valence-electron chi connectivity index (χ0n) is 10.7. The number of benzene rings is 1. The van der Waals surface area contributed by atoms with E-state index in [1.165, 1.54) is 6.39 Å². The Balaban J connectivity index is 1.75. The topological polar surface area (TPSA) is 80.9 Å². The zero-order chi connectivity index (χ0) is 14.7. The lowest BCUT2D eigenvalue weighted by atomic mass is 10.2. The van der Waals surface area contributed by atoms with Crippen molar-refractivity contribution in [2.75, 3.05) is 5.32 Å². The molecule has 2 aromatic heterocycles. The lowest BCUT2D eigenvalue weighted by molar-refractivity contribution is 0.102. The van der Waals surface area contributed by atoms with Crippen LogP contribution in [0, 0.1) is 0 Å². The van der Waals surface area contributed by atoms with Gasteiger partial charge in [0, 0.05) is 11.3 Å².